The van der Waals surface area contributed by atoms with E-state index in [-0.39, 0.29) is 0 Å². The molecule has 0 radical (unpaired) electrons. The van der Waals surface area contributed by atoms with Crippen molar-refractivity contribution in [2.75, 3.05) is 6.61 Å². The Balaban J connectivity index is 1.54. The van der Waals surface area contributed by atoms with Crippen LogP contribution in [0.5, 0.6) is 0 Å². The van der Waals surface area contributed by atoms with Crippen LogP contribution in [-0.2, 0) is 4.74 Å². The first-order valence-corrected chi connectivity index (χ1v) is 10.9. The molecule has 0 N–H and O–H groups in total. The summed E-state index contributed by atoms with van der Waals surface area (Å²) in [5.74, 6) is 2.03. The van der Waals surface area contributed by atoms with Gasteiger partial charge < -0.3 is 4.74 Å². The number of allylic oxidation sites excluding steroid dienone is 5. The van der Waals surface area contributed by atoms with Crippen LogP contribution in [-0.4, -0.2) is 6.61 Å². The number of rotatable bonds is 7. The minimum atomic E-state index is 0.512. The van der Waals surface area contributed by atoms with Crippen molar-refractivity contribution in [2.45, 2.75) is 52.9 Å². The predicted molar refractivity (Wildman–Crippen MR) is 125 cm³/mol. The van der Waals surface area contributed by atoms with Gasteiger partial charge in [0.25, 0.3) is 0 Å². The van der Waals surface area contributed by atoms with E-state index in [9.17, 15) is 0 Å². The van der Waals surface area contributed by atoms with E-state index in [4.69, 9.17) is 4.74 Å². The fourth-order valence-electron chi connectivity index (χ4n) is 3.63. The van der Waals surface area contributed by atoms with E-state index in [0.717, 1.165) is 18.8 Å². The number of hydrogen-bond acceptors (Lipinski definition) is 1. The zero-order valence-corrected chi connectivity index (χ0v) is 18.3. The van der Waals surface area contributed by atoms with Crippen molar-refractivity contribution in [3.8, 4) is 11.1 Å². The van der Waals surface area contributed by atoms with Gasteiger partial charge in [0.15, 0.2) is 0 Å². The van der Waals surface area contributed by atoms with Crippen molar-refractivity contribution in [3.05, 3.63) is 95.3 Å². The average Bonchev–Trinajstić information content (AvgIpc) is 2.77. The van der Waals surface area contributed by atoms with Gasteiger partial charge in [-0.2, -0.15) is 0 Å². The van der Waals surface area contributed by atoms with Crippen molar-refractivity contribution in [1.82, 2.24) is 0 Å². The Morgan fingerprint density at radius 1 is 0.897 bits per heavy atom. The summed E-state index contributed by atoms with van der Waals surface area (Å²) in [4.78, 5) is 0. The second-order valence-corrected chi connectivity index (χ2v) is 8.27. The molecule has 0 fully saturated rings. The Morgan fingerprint density at radius 3 is 2.14 bits per heavy atom. The van der Waals surface area contributed by atoms with Crippen molar-refractivity contribution < 1.29 is 4.74 Å². The summed E-state index contributed by atoms with van der Waals surface area (Å²) < 4.78 is 5.96. The smallest absolute Gasteiger partial charge is 0.0939 e. The van der Waals surface area contributed by atoms with E-state index in [2.05, 4.69) is 93.6 Å². The van der Waals surface area contributed by atoms with Crippen molar-refractivity contribution >= 4 is 0 Å². The summed E-state index contributed by atoms with van der Waals surface area (Å²) in [6.45, 7) is 9.28. The molecule has 2 unspecified atom stereocenters. The Bertz CT molecular complexity index is 866. The number of benzene rings is 2. The SMILES string of the molecule is CC/C(C)=C\C=C(/C)OCC1C=CC(c2ccc(-c3ccc(C)cc3)cc2)CC1. The molecule has 152 valence electrons. The molecular formula is C28H34O. The first kappa shape index (κ1) is 21.2. The Morgan fingerprint density at radius 2 is 1.55 bits per heavy atom. The van der Waals surface area contributed by atoms with Crippen LogP contribution in [0.3, 0.4) is 0 Å². The summed E-state index contributed by atoms with van der Waals surface area (Å²) in [6.07, 6.45) is 12.4. The van der Waals surface area contributed by atoms with Crippen LogP contribution in [0.4, 0.5) is 0 Å². The maximum absolute atomic E-state index is 5.96. The standard InChI is InChI=1S/C28H34O/c1-5-21(2)6-9-23(4)29-20-24-10-14-26(15-11-24)28-18-16-27(17-19-28)25-12-7-22(3)8-13-25/h6-10,12-14,16-19,24,26H,5,11,15,20H2,1-4H3/b21-6-,23-9+. The van der Waals surface area contributed by atoms with Gasteiger partial charge >= 0.3 is 0 Å². The Labute approximate surface area is 176 Å². The molecule has 0 spiro atoms. The van der Waals surface area contributed by atoms with Crippen molar-refractivity contribution in [3.63, 3.8) is 0 Å². The first-order valence-electron chi connectivity index (χ1n) is 10.9. The molecule has 2 aromatic carbocycles. The van der Waals surface area contributed by atoms with E-state index >= 15 is 0 Å². The topological polar surface area (TPSA) is 9.23 Å². The average molecular weight is 387 g/mol. The fourth-order valence-corrected chi connectivity index (χ4v) is 3.63. The molecule has 2 atom stereocenters. The molecule has 0 aromatic heterocycles. The second-order valence-electron chi connectivity index (χ2n) is 8.27. The lowest BCUT2D eigenvalue weighted by atomic mass is 9.84. The predicted octanol–water partition coefficient (Wildman–Crippen LogP) is 7.99. The molecule has 1 aliphatic carbocycles. The molecule has 1 heteroatoms. The summed E-state index contributed by atoms with van der Waals surface area (Å²) in [5, 5.41) is 0. The van der Waals surface area contributed by atoms with Crippen LogP contribution in [0.15, 0.2) is 84.2 Å². The van der Waals surface area contributed by atoms with Crippen LogP contribution in [0.2, 0.25) is 0 Å². The maximum Gasteiger partial charge on any atom is 0.0939 e. The van der Waals surface area contributed by atoms with Gasteiger partial charge in [-0.05, 0) is 62.8 Å². The number of ether oxygens (including phenoxy) is 1. The van der Waals surface area contributed by atoms with E-state index in [1.54, 1.807) is 0 Å². The molecule has 0 amide bonds. The van der Waals surface area contributed by atoms with Crippen LogP contribution in [0, 0.1) is 12.8 Å². The number of aryl methyl sites for hydroxylation is 1. The van der Waals surface area contributed by atoms with Gasteiger partial charge in [-0.15, -0.1) is 0 Å². The third kappa shape index (κ3) is 6.22. The van der Waals surface area contributed by atoms with Crippen molar-refractivity contribution in [1.29, 1.82) is 0 Å². The molecule has 29 heavy (non-hydrogen) atoms. The highest BCUT2D eigenvalue weighted by atomic mass is 16.5. The highest BCUT2D eigenvalue weighted by Gasteiger charge is 2.17. The maximum atomic E-state index is 5.96. The van der Waals surface area contributed by atoms with Gasteiger partial charge in [0.2, 0.25) is 0 Å². The van der Waals surface area contributed by atoms with Crippen LogP contribution in [0.1, 0.15) is 57.1 Å². The fraction of sp³-hybridized carbons (Fsp3) is 0.357. The molecule has 0 heterocycles. The third-order valence-electron chi connectivity index (χ3n) is 5.87. The lowest BCUT2D eigenvalue weighted by Gasteiger charge is -2.23. The Kier molecular flexibility index (Phi) is 7.52. The molecule has 1 nitrogen and oxygen atoms in total. The monoisotopic (exact) mass is 386 g/mol. The Hall–Kier alpha value is -2.54. The molecule has 0 aliphatic heterocycles. The summed E-state index contributed by atoms with van der Waals surface area (Å²) in [7, 11) is 0. The molecule has 0 saturated heterocycles. The summed E-state index contributed by atoms with van der Waals surface area (Å²) >= 11 is 0. The summed E-state index contributed by atoms with van der Waals surface area (Å²) in [6, 6.07) is 17.8. The third-order valence-corrected chi connectivity index (χ3v) is 5.87. The van der Waals surface area contributed by atoms with E-state index < -0.39 is 0 Å². The molecular weight excluding hydrogens is 352 g/mol. The molecule has 3 rings (SSSR count). The highest BCUT2D eigenvalue weighted by molar-refractivity contribution is 5.64. The second kappa shape index (κ2) is 10.3. The quantitative estimate of drug-likeness (QED) is 0.266. The van der Waals surface area contributed by atoms with Crippen LogP contribution in [0.25, 0.3) is 11.1 Å². The van der Waals surface area contributed by atoms with E-state index in [1.165, 1.54) is 40.7 Å². The molecule has 1 aliphatic rings. The lowest BCUT2D eigenvalue weighted by molar-refractivity contribution is 0.176. The first-order chi connectivity index (χ1) is 14.0. The normalized spacial score (nSPS) is 20.0. The van der Waals surface area contributed by atoms with Crippen LogP contribution < -0.4 is 0 Å². The largest absolute Gasteiger partial charge is 0.498 e. The van der Waals surface area contributed by atoms with E-state index in [1.807, 2.05) is 6.92 Å². The lowest BCUT2D eigenvalue weighted by Crippen LogP contribution is -2.12. The minimum absolute atomic E-state index is 0.512. The minimum Gasteiger partial charge on any atom is -0.498 e. The summed E-state index contributed by atoms with van der Waals surface area (Å²) in [5.41, 5.74) is 6.66. The van der Waals surface area contributed by atoms with Gasteiger partial charge in [0.05, 0.1) is 12.4 Å². The molecule has 2 aromatic rings. The van der Waals surface area contributed by atoms with E-state index in [0.29, 0.717) is 11.8 Å². The van der Waals surface area contributed by atoms with Gasteiger partial charge in [-0.1, -0.05) is 84.8 Å². The van der Waals surface area contributed by atoms with Gasteiger partial charge in [0.1, 0.15) is 0 Å². The zero-order valence-electron chi connectivity index (χ0n) is 18.3. The van der Waals surface area contributed by atoms with Gasteiger partial charge in [-0.25, -0.2) is 0 Å². The molecule has 0 saturated carbocycles. The highest BCUT2D eigenvalue weighted by Crippen LogP contribution is 2.32. The molecule has 0 bridgehead atoms. The van der Waals surface area contributed by atoms with Gasteiger partial charge in [0, 0.05) is 11.8 Å². The van der Waals surface area contributed by atoms with Crippen LogP contribution >= 0.6 is 0 Å². The van der Waals surface area contributed by atoms with Gasteiger partial charge in [-0.3, -0.25) is 0 Å². The number of hydrogen-bond donors (Lipinski definition) is 0. The zero-order chi connectivity index (χ0) is 20.6. The van der Waals surface area contributed by atoms with Crippen molar-refractivity contribution in [2.24, 2.45) is 5.92 Å².